The fourth-order valence-corrected chi connectivity index (χ4v) is 1.57. The normalized spacial score (nSPS) is 10.3. The van der Waals surface area contributed by atoms with E-state index in [0.717, 1.165) is 5.56 Å². The van der Waals surface area contributed by atoms with Gasteiger partial charge in [0.15, 0.2) is 6.54 Å². The average Bonchev–Trinajstić information content (AvgIpc) is 2.78. The number of esters is 1. The fraction of sp³-hybridized carbons (Fsp3) is 0.273. The predicted molar refractivity (Wildman–Crippen MR) is 64.9 cm³/mol. The van der Waals surface area contributed by atoms with Gasteiger partial charge >= 0.3 is 5.97 Å². The highest BCUT2D eigenvalue weighted by molar-refractivity contribution is 6.30. The molecule has 94 valence electrons. The van der Waals surface area contributed by atoms with Gasteiger partial charge in [0.05, 0.1) is 6.61 Å². The maximum absolute atomic E-state index is 11.2. The van der Waals surface area contributed by atoms with Crippen LogP contribution in [0.25, 0.3) is 11.4 Å². The molecule has 0 N–H and O–H groups in total. The maximum atomic E-state index is 11.2. The van der Waals surface area contributed by atoms with Crippen molar-refractivity contribution in [2.24, 2.45) is 0 Å². The zero-order valence-corrected chi connectivity index (χ0v) is 10.5. The average molecular weight is 267 g/mol. The van der Waals surface area contributed by atoms with Gasteiger partial charge in [-0.15, -0.1) is 10.2 Å². The summed E-state index contributed by atoms with van der Waals surface area (Å²) in [6.07, 6.45) is 0. The lowest BCUT2D eigenvalue weighted by molar-refractivity contribution is -0.144. The molecule has 1 aromatic heterocycles. The minimum atomic E-state index is -0.396. The van der Waals surface area contributed by atoms with E-state index in [-0.39, 0.29) is 6.54 Å². The lowest BCUT2D eigenvalue weighted by Gasteiger charge is -1.99. The van der Waals surface area contributed by atoms with Crippen LogP contribution >= 0.6 is 11.6 Å². The van der Waals surface area contributed by atoms with Crippen LogP contribution in [0.3, 0.4) is 0 Å². The molecule has 0 unspecified atom stereocenters. The Labute approximate surface area is 109 Å². The Morgan fingerprint density at radius 2 is 2.33 bits per heavy atom. The molecule has 18 heavy (non-hydrogen) atoms. The molecule has 0 bridgehead atoms. The number of benzene rings is 1. The van der Waals surface area contributed by atoms with Crippen LogP contribution in [0.5, 0.6) is 0 Å². The van der Waals surface area contributed by atoms with Crippen molar-refractivity contribution in [2.45, 2.75) is 13.5 Å². The number of halogens is 1. The summed E-state index contributed by atoms with van der Waals surface area (Å²) in [5.74, 6) is 0.0225. The second-order valence-electron chi connectivity index (χ2n) is 3.46. The molecule has 0 saturated heterocycles. The van der Waals surface area contributed by atoms with Gasteiger partial charge in [-0.3, -0.25) is 0 Å². The molecular formula is C11H11ClN4O2. The van der Waals surface area contributed by atoms with Crippen LogP contribution in [-0.4, -0.2) is 32.8 Å². The number of aromatic nitrogens is 4. The first kappa shape index (κ1) is 12.5. The number of ether oxygens (including phenoxy) is 1. The van der Waals surface area contributed by atoms with Crippen LogP contribution in [0.1, 0.15) is 6.92 Å². The van der Waals surface area contributed by atoms with Crippen molar-refractivity contribution in [3.8, 4) is 11.4 Å². The van der Waals surface area contributed by atoms with Gasteiger partial charge in [-0.1, -0.05) is 23.7 Å². The van der Waals surface area contributed by atoms with E-state index in [1.54, 1.807) is 25.1 Å². The fourth-order valence-electron chi connectivity index (χ4n) is 1.38. The summed E-state index contributed by atoms with van der Waals surface area (Å²) >= 11 is 5.87. The quantitative estimate of drug-likeness (QED) is 0.786. The number of carbonyl (C=O) groups is 1. The van der Waals surface area contributed by atoms with E-state index in [4.69, 9.17) is 16.3 Å². The highest BCUT2D eigenvalue weighted by atomic mass is 35.5. The van der Waals surface area contributed by atoms with Gasteiger partial charge in [0.2, 0.25) is 5.82 Å². The molecular weight excluding hydrogens is 256 g/mol. The maximum Gasteiger partial charge on any atom is 0.329 e. The van der Waals surface area contributed by atoms with Crippen molar-refractivity contribution < 1.29 is 9.53 Å². The first-order chi connectivity index (χ1) is 8.69. The zero-order chi connectivity index (χ0) is 13.0. The Balaban J connectivity index is 2.13. The number of hydrogen-bond acceptors (Lipinski definition) is 5. The van der Waals surface area contributed by atoms with Crippen molar-refractivity contribution >= 4 is 17.6 Å². The SMILES string of the molecule is CCOC(=O)Cn1nnc(-c2cccc(Cl)c2)n1. The van der Waals surface area contributed by atoms with Gasteiger partial charge in [0, 0.05) is 10.6 Å². The zero-order valence-electron chi connectivity index (χ0n) is 9.71. The highest BCUT2D eigenvalue weighted by Crippen LogP contribution is 2.18. The largest absolute Gasteiger partial charge is 0.465 e. The first-order valence-corrected chi connectivity index (χ1v) is 5.76. The van der Waals surface area contributed by atoms with Crippen LogP contribution in [0.15, 0.2) is 24.3 Å². The summed E-state index contributed by atoms with van der Waals surface area (Å²) in [6, 6.07) is 7.10. The molecule has 2 aromatic rings. The Hall–Kier alpha value is -1.95. The van der Waals surface area contributed by atoms with Crippen molar-refractivity contribution in [3.63, 3.8) is 0 Å². The molecule has 0 aliphatic heterocycles. The molecule has 0 fully saturated rings. The Morgan fingerprint density at radius 3 is 3.06 bits per heavy atom. The van der Waals surface area contributed by atoms with E-state index in [1.165, 1.54) is 4.80 Å². The van der Waals surface area contributed by atoms with E-state index >= 15 is 0 Å². The molecule has 2 rings (SSSR count). The van der Waals surface area contributed by atoms with Gasteiger partial charge < -0.3 is 4.74 Å². The number of carbonyl (C=O) groups excluding carboxylic acids is 1. The topological polar surface area (TPSA) is 69.9 Å². The first-order valence-electron chi connectivity index (χ1n) is 5.38. The number of nitrogens with zero attached hydrogens (tertiary/aromatic N) is 4. The highest BCUT2D eigenvalue weighted by Gasteiger charge is 2.09. The molecule has 0 aliphatic rings. The minimum Gasteiger partial charge on any atom is -0.465 e. The van der Waals surface area contributed by atoms with E-state index in [9.17, 15) is 4.79 Å². The number of tetrazole rings is 1. The molecule has 7 heteroatoms. The summed E-state index contributed by atoms with van der Waals surface area (Å²) < 4.78 is 4.79. The smallest absolute Gasteiger partial charge is 0.329 e. The van der Waals surface area contributed by atoms with E-state index < -0.39 is 5.97 Å². The third kappa shape index (κ3) is 3.04. The monoisotopic (exact) mass is 266 g/mol. The third-order valence-corrected chi connectivity index (χ3v) is 2.35. The number of hydrogen-bond donors (Lipinski definition) is 0. The molecule has 1 aromatic carbocycles. The Kier molecular flexibility index (Phi) is 3.88. The molecule has 0 saturated carbocycles. The van der Waals surface area contributed by atoms with Crippen LogP contribution < -0.4 is 0 Å². The summed E-state index contributed by atoms with van der Waals surface area (Å²) in [6.45, 7) is 2.01. The molecule has 0 aliphatic carbocycles. The molecule has 1 heterocycles. The van der Waals surface area contributed by atoms with E-state index in [0.29, 0.717) is 17.5 Å². The van der Waals surface area contributed by atoms with E-state index in [2.05, 4.69) is 15.4 Å². The molecule has 0 atom stereocenters. The standard InChI is InChI=1S/C11H11ClN4O2/c1-2-18-10(17)7-16-14-11(13-15-16)8-4-3-5-9(12)6-8/h3-6H,2,7H2,1H3. The van der Waals surface area contributed by atoms with Gasteiger partial charge in [0.1, 0.15) is 0 Å². The van der Waals surface area contributed by atoms with Gasteiger partial charge in [-0.25, -0.2) is 4.79 Å². The molecule has 0 radical (unpaired) electrons. The lowest BCUT2D eigenvalue weighted by atomic mass is 10.2. The Morgan fingerprint density at radius 1 is 1.50 bits per heavy atom. The minimum absolute atomic E-state index is 0.0542. The van der Waals surface area contributed by atoms with Crippen LogP contribution in [0.4, 0.5) is 0 Å². The van der Waals surface area contributed by atoms with Crippen molar-refractivity contribution in [3.05, 3.63) is 29.3 Å². The second-order valence-corrected chi connectivity index (χ2v) is 3.90. The van der Waals surface area contributed by atoms with Gasteiger partial charge in [-0.05, 0) is 24.3 Å². The molecule has 0 amide bonds. The summed E-state index contributed by atoms with van der Waals surface area (Å²) in [4.78, 5) is 12.4. The summed E-state index contributed by atoms with van der Waals surface area (Å²) in [5.41, 5.74) is 0.748. The molecule has 0 spiro atoms. The van der Waals surface area contributed by atoms with Crippen molar-refractivity contribution in [2.75, 3.05) is 6.61 Å². The Bertz CT molecular complexity index is 555. The van der Waals surface area contributed by atoms with Crippen molar-refractivity contribution in [1.82, 2.24) is 20.2 Å². The second kappa shape index (κ2) is 5.59. The van der Waals surface area contributed by atoms with Crippen LogP contribution in [0.2, 0.25) is 5.02 Å². The number of rotatable bonds is 4. The van der Waals surface area contributed by atoms with E-state index in [1.807, 2.05) is 6.07 Å². The summed E-state index contributed by atoms with van der Waals surface area (Å²) in [5, 5.41) is 12.3. The lowest BCUT2D eigenvalue weighted by Crippen LogP contribution is -2.15. The van der Waals surface area contributed by atoms with Gasteiger partial charge in [-0.2, -0.15) is 4.80 Å². The summed E-state index contributed by atoms with van der Waals surface area (Å²) in [7, 11) is 0. The van der Waals surface area contributed by atoms with Crippen LogP contribution in [0, 0.1) is 0 Å². The van der Waals surface area contributed by atoms with Gasteiger partial charge in [0.25, 0.3) is 0 Å². The third-order valence-electron chi connectivity index (χ3n) is 2.11. The molecule has 6 nitrogen and oxygen atoms in total. The predicted octanol–water partition coefficient (Wildman–Crippen LogP) is 1.56. The van der Waals surface area contributed by atoms with Crippen molar-refractivity contribution in [1.29, 1.82) is 0 Å². The van der Waals surface area contributed by atoms with Crippen LogP contribution in [-0.2, 0) is 16.1 Å².